The van der Waals surface area contributed by atoms with Crippen LogP contribution in [0.2, 0.25) is 0 Å². The fourth-order valence-corrected chi connectivity index (χ4v) is 13.0. The molecule has 26 heteroatoms. The van der Waals surface area contributed by atoms with E-state index in [4.69, 9.17) is 114 Å². The molecule has 0 radical (unpaired) electrons. The molecular weight excluding hydrogens is 1170 g/mol. The van der Waals surface area contributed by atoms with Gasteiger partial charge in [-0.25, -0.2) is 0 Å². The summed E-state index contributed by atoms with van der Waals surface area (Å²) in [5.41, 5.74) is 79.9. The van der Waals surface area contributed by atoms with Crippen molar-refractivity contribution in [3.8, 4) is 0 Å². The number of ether oxygens (including phenoxy) is 5. The molecule has 17 unspecified atom stereocenters. The lowest BCUT2D eigenvalue weighted by Gasteiger charge is -2.47. The fourth-order valence-electron chi connectivity index (χ4n) is 13.0. The maximum atomic E-state index is 9.32. The summed E-state index contributed by atoms with van der Waals surface area (Å²) in [5, 5.41) is 33.8. The van der Waals surface area contributed by atoms with E-state index in [-0.39, 0.29) is 54.5 Å². The Morgan fingerprint density at radius 2 is 0.935 bits per heavy atom. The van der Waals surface area contributed by atoms with E-state index >= 15 is 0 Å². The Bertz CT molecular complexity index is 1970. The number of fused-ring (bicyclic) bond motifs is 1. The van der Waals surface area contributed by atoms with Gasteiger partial charge in [-0.1, -0.05) is 94.4 Å². The maximum absolute atomic E-state index is 9.32. The number of methoxy groups -OCH3 is 1. The van der Waals surface area contributed by atoms with Crippen LogP contribution in [0, 0.1) is 5.92 Å². The Hall–Kier alpha value is -2.08. The van der Waals surface area contributed by atoms with Crippen LogP contribution < -0.4 is 90.9 Å². The van der Waals surface area contributed by atoms with Gasteiger partial charge in [-0.2, -0.15) is 0 Å². The summed E-state index contributed by atoms with van der Waals surface area (Å²) in [6.07, 6.45) is 26.5. The SMILES string of the molecule is CC1CCC(N)C(N)C1.CN(C)C1CCCCC1N(C)C.CNC1CCCCC1NC.CO[C@@H]1O[C@@H]2COC(c3ccccc3)O[C@H]2[C@H](N)[C@H]1N.NC1CC=CCC1N.NC1CCC1N.NC1CCCC1N.NC1CCCCC1N.N[C@H]1[C@H](O)[C@@H](CO)OC(O)[C@@H]1N. The van der Waals surface area contributed by atoms with Gasteiger partial charge in [0.1, 0.15) is 18.3 Å². The van der Waals surface area contributed by atoms with Crippen LogP contribution in [0.5, 0.6) is 0 Å². The molecule has 0 spiro atoms. The van der Waals surface area contributed by atoms with E-state index in [0.29, 0.717) is 42.9 Å². The number of aliphatic hydroxyl groups is 3. The zero-order chi connectivity index (χ0) is 68.6. The van der Waals surface area contributed by atoms with E-state index in [1.54, 1.807) is 7.11 Å². The molecule has 3 heterocycles. The van der Waals surface area contributed by atoms with Crippen LogP contribution in [0.15, 0.2) is 42.5 Å². The van der Waals surface area contributed by atoms with Crippen molar-refractivity contribution in [1.29, 1.82) is 0 Å². The number of nitrogens with one attached hydrogen (secondary N) is 2. The molecule has 0 amide bonds. The summed E-state index contributed by atoms with van der Waals surface area (Å²) in [6, 6.07) is 13.0. The van der Waals surface area contributed by atoms with E-state index in [0.717, 1.165) is 87.8 Å². The Labute approximate surface area is 554 Å². The van der Waals surface area contributed by atoms with E-state index in [2.05, 4.69) is 81.8 Å². The molecule has 26 nitrogen and oxygen atoms in total. The molecule has 26 atom stereocenters. The second-order valence-electron chi connectivity index (χ2n) is 27.7. The minimum absolute atomic E-state index is 0.194. The van der Waals surface area contributed by atoms with Gasteiger partial charge < -0.3 is 140 Å². The number of hydrogen-bond acceptors (Lipinski definition) is 26. The van der Waals surface area contributed by atoms with Gasteiger partial charge in [0.15, 0.2) is 18.9 Å². The quantitative estimate of drug-likeness (QED) is 0.144. The van der Waals surface area contributed by atoms with Crippen molar-refractivity contribution in [2.45, 2.75) is 300 Å². The number of aliphatic hydroxyl groups excluding tert-OH is 3. The molecule has 7 aliphatic carbocycles. The van der Waals surface area contributed by atoms with Gasteiger partial charge in [0.05, 0.1) is 43.5 Å². The summed E-state index contributed by atoms with van der Waals surface area (Å²) in [5.74, 6) is 0.791. The van der Waals surface area contributed by atoms with Crippen LogP contribution in [0.1, 0.15) is 160 Å². The third kappa shape index (κ3) is 29.2. The number of likely N-dealkylation sites (N-methyl/N-ethyl adjacent to an activating group) is 4. The molecule has 33 N–H and O–H groups in total. The van der Waals surface area contributed by atoms with Gasteiger partial charge >= 0.3 is 0 Å². The van der Waals surface area contributed by atoms with Gasteiger partial charge in [-0.15, -0.1) is 0 Å². The summed E-state index contributed by atoms with van der Waals surface area (Å²) >= 11 is 0. The third-order valence-corrected chi connectivity index (χ3v) is 20.0. The first-order valence-electron chi connectivity index (χ1n) is 34.7. The molecule has 1 aromatic carbocycles. The fraction of sp³-hybridized carbons (Fsp3) is 0.879. The van der Waals surface area contributed by atoms with Crippen molar-refractivity contribution in [3.63, 3.8) is 0 Å². The molecule has 10 aliphatic rings. The maximum Gasteiger partial charge on any atom is 0.184 e. The normalized spacial score (nSPS) is 40.5. The average Bonchev–Trinajstić information content (AvgIpc) is 0.864. The largest absolute Gasteiger partial charge is 0.394 e. The topological polar surface area (TPSA) is 502 Å². The smallest absolute Gasteiger partial charge is 0.184 e. The summed E-state index contributed by atoms with van der Waals surface area (Å²) in [7, 11) is 14.5. The number of rotatable bonds is 7. The van der Waals surface area contributed by atoms with Gasteiger partial charge in [-0.05, 0) is 145 Å². The van der Waals surface area contributed by atoms with Crippen molar-refractivity contribution < 1.29 is 39.0 Å². The monoisotopic (exact) mass is 1310 g/mol. The second-order valence-corrected chi connectivity index (χ2v) is 27.7. The standard InChI is InChI=1S/C14H20N2O4.C10H22N2.C8H18N2.C7H16N2.C6H14N2O4.C6H14N2.C6H12N2.C5H12N2.C4H10N2/c1-17-14-11(16)10(15)12-9(19-14)7-18-13(20-12)8-5-3-2-4-6-8;1-11(2)9-7-5-6-8-10(9)12(3)4;1-9-7-5-3-4-6-8(7)10-2;1-5-2-3-6(8)7(9)4-5;7-3-4(8)6(11)12-2(1-9)5(3)10;2*7-5-3-1-2-4-6(5)8;6-4-2-1-3-5(4)7;5-3-1-2-4(3)6/h2-6,9-14H,7,15-16H2,1H3;9-10H,5-8H2,1-4H3;7-10H,3-6H2,1-2H3;5-7H,2-4,8-9H2,1H3;2-6,9-11H,1,7-8H2;5-6H,1-4,7-8H2;1-2,5-6H,3-4,7-8H2;4-5H,1-3,6-7H2;3-4H,1-2,5-6H2/t9-,10-,11-,12-,13?,14-;;;;2-,3-,4-,5-,6?;;;;/m1...1..../s1. The lowest BCUT2D eigenvalue weighted by atomic mass is 9.84. The Morgan fingerprint density at radius 1 is 0.500 bits per heavy atom. The van der Waals surface area contributed by atoms with E-state index in [1.807, 2.05) is 30.3 Å². The Kier molecular flexibility index (Phi) is 41.6. The summed E-state index contributed by atoms with van der Waals surface area (Å²) < 4.78 is 27.4. The van der Waals surface area contributed by atoms with Crippen LogP contribution in [0.3, 0.4) is 0 Å². The molecule has 3 aliphatic heterocycles. The minimum Gasteiger partial charge on any atom is -0.394 e. The number of hydrogen-bond donors (Lipinski definition) is 19. The highest BCUT2D eigenvalue weighted by Crippen LogP contribution is 2.33. The van der Waals surface area contributed by atoms with Crippen molar-refractivity contribution in [2.24, 2.45) is 86.2 Å². The number of nitrogens with two attached hydrogens (primary N) is 14. The molecule has 92 heavy (non-hydrogen) atoms. The highest BCUT2D eigenvalue weighted by atomic mass is 16.7. The van der Waals surface area contributed by atoms with Gasteiger partial charge in [-0.3, -0.25) is 0 Å². The number of nitrogens with zero attached hydrogens (tertiary/aromatic N) is 2. The van der Waals surface area contributed by atoms with Crippen LogP contribution in [-0.4, -0.2) is 233 Å². The summed E-state index contributed by atoms with van der Waals surface area (Å²) in [6.45, 7) is 2.26. The average molecular weight is 1310 g/mol. The zero-order valence-electron chi connectivity index (χ0n) is 57.9. The Morgan fingerprint density at radius 3 is 1.32 bits per heavy atom. The van der Waals surface area contributed by atoms with Crippen LogP contribution in [0.4, 0.5) is 0 Å². The Balaban J connectivity index is 0.000000277. The van der Waals surface area contributed by atoms with E-state index in [9.17, 15) is 5.11 Å². The molecule has 0 bridgehead atoms. The first kappa shape index (κ1) is 84.1. The van der Waals surface area contributed by atoms with Crippen molar-refractivity contribution in [2.75, 3.05) is 62.6 Å². The lowest BCUT2D eigenvalue weighted by molar-refractivity contribution is -0.321. The van der Waals surface area contributed by atoms with Gasteiger partial charge in [0.25, 0.3) is 0 Å². The first-order chi connectivity index (χ1) is 43.7. The molecule has 0 aromatic heterocycles. The van der Waals surface area contributed by atoms with Crippen molar-refractivity contribution in [3.05, 3.63) is 48.0 Å². The molecule has 11 rings (SSSR count). The second kappa shape index (κ2) is 45.5. The predicted molar refractivity (Wildman–Crippen MR) is 372 cm³/mol. The predicted octanol–water partition coefficient (Wildman–Crippen LogP) is -1.08. The third-order valence-electron chi connectivity index (χ3n) is 20.0. The zero-order valence-corrected chi connectivity index (χ0v) is 57.9. The van der Waals surface area contributed by atoms with Crippen molar-refractivity contribution >= 4 is 0 Å². The molecule has 3 saturated heterocycles. The first-order valence-corrected chi connectivity index (χ1v) is 34.7. The molecule has 9 fully saturated rings. The van der Waals surface area contributed by atoms with Gasteiger partial charge in [0.2, 0.25) is 0 Å². The van der Waals surface area contributed by atoms with Crippen LogP contribution in [-0.2, 0) is 23.7 Å². The molecular formula is C66H138N18O8. The lowest BCUT2D eigenvalue weighted by Crippen LogP contribution is -2.67. The van der Waals surface area contributed by atoms with E-state index in [1.165, 1.54) is 77.0 Å². The molecule has 6 saturated carbocycles. The van der Waals surface area contributed by atoms with Crippen LogP contribution >= 0.6 is 0 Å². The minimum atomic E-state index is -1.22. The highest BCUT2D eigenvalue weighted by Gasteiger charge is 2.47. The van der Waals surface area contributed by atoms with E-state index < -0.39 is 55.8 Å². The summed E-state index contributed by atoms with van der Waals surface area (Å²) in [4.78, 5) is 4.76. The van der Waals surface area contributed by atoms with Crippen LogP contribution in [0.25, 0.3) is 0 Å². The molecule has 540 valence electrons. The highest BCUT2D eigenvalue weighted by molar-refractivity contribution is 5.17. The van der Waals surface area contributed by atoms with Crippen molar-refractivity contribution in [1.82, 2.24) is 20.4 Å². The number of benzene rings is 1. The van der Waals surface area contributed by atoms with Gasteiger partial charge in [0, 0.05) is 97.3 Å². The molecule has 1 aromatic rings.